The Bertz CT molecular complexity index is 932. The monoisotopic (exact) mass is 426 g/mol. The van der Waals surface area contributed by atoms with Crippen LogP contribution in [0, 0.1) is 11.3 Å². The normalized spacial score (nSPS) is 16.4. The van der Waals surface area contributed by atoms with Crippen LogP contribution in [0.5, 0.6) is 5.75 Å². The highest BCUT2D eigenvalue weighted by Gasteiger charge is 2.32. The van der Waals surface area contributed by atoms with Gasteiger partial charge in [-0.25, -0.2) is 0 Å². The average molecular weight is 427 g/mol. The van der Waals surface area contributed by atoms with Gasteiger partial charge in [0.05, 0.1) is 11.6 Å². The van der Waals surface area contributed by atoms with Crippen molar-refractivity contribution in [2.45, 2.75) is 19.1 Å². The topological polar surface area (TPSA) is 99.7 Å². The van der Waals surface area contributed by atoms with E-state index in [-0.39, 0.29) is 5.91 Å². The quantitative estimate of drug-likeness (QED) is 0.764. The molecule has 0 aromatic heterocycles. The van der Waals surface area contributed by atoms with E-state index in [9.17, 15) is 9.59 Å². The highest BCUT2D eigenvalue weighted by Crippen LogP contribution is 2.24. The first kappa shape index (κ1) is 21.6. The van der Waals surface area contributed by atoms with Gasteiger partial charge in [-0.1, -0.05) is 23.7 Å². The fraction of sp³-hybridized carbons (Fsp3) is 0.318. The summed E-state index contributed by atoms with van der Waals surface area (Å²) in [4.78, 5) is 28.6. The van der Waals surface area contributed by atoms with Crippen LogP contribution in [0.3, 0.4) is 0 Å². The van der Waals surface area contributed by atoms with Crippen LogP contribution in [-0.4, -0.2) is 53.9 Å². The van der Waals surface area contributed by atoms with Crippen LogP contribution in [0.2, 0.25) is 5.02 Å². The van der Waals surface area contributed by atoms with E-state index in [0.717, 1.165) is 5.56 Å². The SMILES string of the molecule is CC(Oc1ccc(C#N)cc1)C(=O)N1CCN(C(C(N)=O)c2ccc(Cl)cc2)CC1. The fourth-order valence-corrected chi connectivity index (χ4v) is 3.65. The molecule has 1 aliphatic rings. The average Bonchev–Trinajstić information content (AvgIpc) is 2.75. The zero-order valence-corrected chi connectivity index (χ0v) is 17.4. The number of carbonyl (C=O) groups is 2. The summed E-state index contributed by atoms with van der Waals surface area (Å²) in [6, 6.07) is 15.2. The molecule has 7 nitrogen and oxygen atoms in total. The Morgan fingerprint density at radius 1 is 1.07 bits per heavy atom. The van der Waals surface area contributed by atoms with Crippen LogP contribution in [0.15, 0.2) is 48.5 Å². The third-order valence-electron chi connectivity index (χ3n) is 5.09. The molecule has 2 amide bonds. The second kappa shape index (κ2) is 9.61. The summed E-state index contributed by atoms with van der Waals surface area (Å²) in [5.74, 6) is -0.0271. The number of rotatable bonds is 6. The number of amides is 2. The lowest BCUT2D eigenvalue weighted by Crippen LogP contribution is -2.54. The highest BCUT2D eigenvalue weighted by atomic mass is 35.5. The van der Waals surface area contributed by atoms with Gasteiger partial charge in [0.2, 0.25) is 5.91 Å². The molecule has 0 radical (unpaired) electrons. The third kappa shape index (κ3) is 5.09. The maximum atomic E-state index is 12.8. The molecule has 2 unspecified atom stereocenters. The summed E-state index contributed by atoms with van der Waals surface area (Å²) >= 11 is 5.94. The first-order valence-corrected chi connectivity index (χ1v) is 10.0. The zero-order chi connectivity index (χ0) is 21.7. The Hall–Kier alpha value is -3.08. The summed E-state index contributed by atoms with van der Waals surface area (Å²) in [6.45, 7) is 3.68. The molecule has 30 heavy (non-hydrogen) atoms. The number of benzene rings is 2. The number of nitrogens with zero attached hydrogens (tertiary/aromatic N) is 3. The standard InChI is InChI=1S/C22H23ClN4O3/c1-15(30-19-8-2-16(14-24)3-9-19)22(29)27-12-10-26(11-13-27)20(21(25)28)17-4-6-18(23)7-5-17/h2-9,15,20H,10-13H2,1H3,(H2,25,28). The number of halogens is 1. The molecule has 0 saturated carbocycles. The van der Waals surface area contributed by atoms with E-state index < -0.39 is 18.1 Å². The van der Waals surface area contributed by atoms with Crippen molar-refractivity contribution in [1.82, 2.24) is 9.80 Å². The molecule has 0 spiro atoms. The summed E-state index contributed by atoms with van der Waals surface area (Å²) in [6.07, 6.45) is -0.660. The first-order chi connectivity index (χ1) is 14.4. The predicted octanol–water partition coefficient (Wildman–Crippen LogP) is 2.35. The van der Waals surface area contributed by atoms with Crippen LogP contribution in [0.1, 0.15) is 24.1 Å². The zero-order valence-electron chi connectivity index (χ0n) is 16.6. The molecule has 1 heterocycles. The van der Waals surface area contributed by atoms with Crippen molar-refractivity contribution in [3.05, 3.63) is 64.7 Å². The van der Waals surface area contributed by atoms with Gasteiger partial charge in [-0.2, -0.15) is 5.26 Å². The highest BCUT2D eigenvalue weighted by molar-refractivity contribution is 6.30. The van der Waals surface area contributed by atoms with Crippen molar-refractivity contribution >= 4 is 23.4 Å². The number of hydrogen-bond acceptors (Lipinski definition) is 5. The number of nitriles is 1. The largest absolute Gasteiger partial charge is 0.481 e. The van der Waals surface area contributed by atoms with Crippen LogP contribution in [0.25, 0.3) is 0 Å². The van der Waals surface area contributed by atoms with Crippen molar-refractivity contribution in [2.24, 2.45) is 5.73 Å². The molecule has 0 bridgehead atoms. The van der Waals surface area contributed by atoms with E-state index in [4.69, 9.17) is 27.3 Å². The molecular weight excluding hydrogens is 404 g/mol. The second-order valence-electron chi connectivity index (χ2n) is 7.11. The summed E-state index contributed by atoms with van der Waals surface area (Å²) < 4.78 is 5.72. The number of piperazine rings is 1. The van der Waals surface area contributed by atoms with Crippen molar-refractivity contribution < 1.29 is 14.3 Å². The molecule has 0 aliphatic carbocycles. The van der Waals surface area contributed by atoms with Crippen LogP contribution >= 0.6 is 11.6 Å². The van der Waals surface area contributed by atoms with E-state index in [2.05, 4.69) is 0 Å². The Morgan fingerprint density at radius 3 is 2.20 bits per heavy atom. The van der Waals surface area contributed by atoms with Crippen molar-refractivity contribution in [2.75, 3.05) is 26.2 Å². The van der Waals surface area contributed by atoms with Gasteiger partial charge in [0.1, 0.15) is 11.8 Å². The molecule has 1 saturated heterocycles. The lowest BCUT2D eigenvalue weighted by atomic mass is 10.0. The Labute approximate surface area is 180 Å². The van der Waals surface area contributed by atoms with E-state index >= 15 is 0 Å². The van der Waals surface area contributed by atoms with Gasteiger partial charge in [-0.05, 0) is 48.9 Å². The third-order valence-corrected chi connectivity index (χ3v) is 5.34. The van der Waals surface area contributed by atoms with Crippen LogP contribution in [0.4, 0.5) is 0 Å². The summed E-state index contributed by atoms with van der Waals surface area (Å²) in [5.41, 5.74) is 6.96. The number of carbonyl (C=O) groups excluding carboxylic acids is 2. The molecular formula is C22H23ClN4O3. The number of primary amides is 1. The second-order valence-corrected chi connectivity index (χ2v) is 7.55. The van der Waals surface area contributed by atoms with Gasteiger partial charge < -0.3 is 15.4 Å². The maximum absolute atomic E-state index is 12.8. The lowest BCUT2D eigenvalue weighted by Gasteiger charge is -2.39. The molecule has 156 valence electrons. The lowest BCUT2D eigenvalue weighted by molar-refractivity contribution is -0.140. The Morgan fingerprint density at radius 2 is 1.67 bits per heavy atom. The molecule has 2 atom stereocenters. The van der Waals surface area contributed by atoms with Gasteiger partial charge >= 0.3 is 0 Å². The molecule has 3 rings (SSSR count). The molecule has 2 aromatic rings. The molecule has 2 N–H and O–H groups in total. The van der Waals surface area contributed by atoms with Gasteiger partial charge in [-0.15, -0.1) is 0 Å². The summed E-state index contributed by atoms with van der Waals surface area (Å²) in [5, 5.41) is 9.45. The fourth-order valence-electron chi connectivity index (χ4n) is 3.52. The van der Waals surface area contributed by atoms with E-state index in [1.165, 1.54) is 0 Å². The minimum atomic E-state index is -0.660. The van der Waals surface area contributed by atoms with Crippen LogP contribution < -0.4 is 10.5 Å². The first-order valence-electron chi connectivity index (χ1n) is 9.63. The Kier molecular flexibility index (Phi) is 6.93. The predicted molar refractivity (Wildman–Crippen MR) is 113 cm³/mol. The van der Waals surface area contributed by atoms with Crippen molar-refractivity contribution in [3.8, 4) is 11.8 Å². The number of nitrogens with two attached hydrogens (primary N) is 1. The van der Waals surface area contributed by atoms with E-state index in [1.54, 1.807) is 60.4 Å². The number of hydrogen-bond donors (Lipinski definition) is 1. The maximum Gasteiger partial charge on any atom is 0.263 e. The smallest absolute Gasteiger partial charge is 0.263 e. The molecule has 2 aromatic carbocycles. The molecule has 8 heteroatoms. The van der Waals surface area contributed by atoms with Gasteiger partial charge in [0.25, 0.3) is 5.91 Å². The molecule has 1 fully saturated rings. The van der Waals surface area contributed by atoms with E-state index in [1.807, 2.05) is 11.0 Å². The van der Waals surface area contributed by atoms with Crippen molar-refractivity contribution in [1.29, 1.82) is 5.26 Å². The van der Waals surface area contributed by atoms with Gasteiger partial charge in [0.15, 0.2) is 6.10 Å². The summed E-state index contributed by atoms with van der Waals surface area (Å²) in [7, 11) is 0. The van der Waals surface area contributed by atoms with Crippen LogP contribution in [-0.2, 0) is 9.59 Å². The Balaban J connectivity index is 1.59. The van der Waals surface area contributed by atoms with E-state index in [0.29, 0.717) is 42.5 Å². The van der Waals surface area contributed by atoms with Gasteiger partial charge in [0, 0.05) is 31.2 Å². The molecule has 1 aliphatic heterocycles. The van der Waals surface area contributed by atoms with Crippen molar-refractivity contribution in [3.63, 3.8) is 0 Å². The minimum absolute atomic E-state index is 0.124. The minimum Gasteiger partial charge on any atom is -0.481 e. The van der Waals surface area contributed by atoms with Gasteiger partial charge in [-0.3, -0.25) is 14.5 Å². The number of ether oxygens (including phenoxy) is 1.